The average molecular weight is 441 g/mol. The number of thiophene rings is 1. The van der Waals surface area contributed by atoms with Gasteiger partial charge in [-0.15, -0.1) is 21.5 Å². The Hall–Kier alpha value is -2.91. The van der Waals surface area contributed by atoms with Gasteiger partial charge in [0, 0.05) is 12.1 Å². The molecule has 4 aromatic rings. The monoisotopic (exact) mass is 440 g/mol. The van der Waals surface area contributed by atoms with Crippen molar-refractivity contribution in [1.29, 1.82) is 0 Å². The molecule has 9 heteroatoms. The molecule has 3 aromatic heterocycles. The van der Waals surface area contributed by atoms with E-state index in [1.165, 1.54) is 11.8 Å². The third-order valence-corrected chi connectivity index (χ3v) is 6.18. The molecule has 0 saturated heterocycles. The maximum absolute atomic E-state index is 12.3. The molecule has 7 nitrogen and oxygen atoms in total. The molecule has 0 aliphatic heterocycles. The van der Waals surface area contributed by atoms with Crippen LogP contribution in [0.5, 0.6) is 0 Å². The summed E-state index contributed by atoms with van der Waals surface area (Å²) in [4.78, 5) is 17.8. The van der Waals surface area contributed by atoms with Crippen LogP contribution in [0.15, 0.2) is 57.4 Å². The fourth-order valence-corrected chi connectivity index (χ4v) is 4.37. The third-order valence-electron chi connectivity index (χ3n) is 4.38. The summed E-state index contributed by atoms with van der Waals surface area (Å²) in [7, 11) is 0. The highest BCUT2D eigenvalue weighted by atomic mass is 32.2. The summed E-state index contributed by atoms with van der Waals surface area (Å²) in [5, 5.41) is 11.2. The van der Waals surface area contributed by atoms with Crippen LogP contribution >= 0.6 is 23.1 Å². The number of hydrogen-bond acceptors (Lipinski definition) is 8. The van der Waals surface area contributed by atoms with E-state index < -0.39 is 0 Å². The standard InChI is InChI=1S/C21H20N4O3S2/c1-3-25-19(17-10-7-11-29-17)23-24-21(25)30-13-18(26)27-12-16-14(2)28-20(22-16)15-8-5-4-6-9-15/h4-11H,3,12-13H2,1-2H3. The van der Waals surface area contributed by atoms with Crippen LogP contribution in [0.1, 0.15) is 18.4 Å². The van der Waals surface area contributed by atoms with Crippen molar-refractivity contribution in [3.8, 4) is 22.2 Å². The lowest BCUT2D eigenvalue weighted by Crippen LogP contribution is -2.09. The molecule has 0 saturated carbocycles. The minimum Gasteiger partial charge on any atom is -0.458 e. The minimum atomic E-state index is -0.341. The Morgan fingerprint density at radius 1 is 1.20 bits per heavy atom. The summed E-state index contributed by atoms with van der Waals surface area (Å²) in [5.41, 5.74) is 1.50. The topological polar surface area (TPSA) is 83.0 Å². The average Bonchev–Trinajstić information content (AvgIpc) is 3.50. The Labute approximate surface area is 182 Å². The second-order valence-electron chi connectivity index (χ2n) is 6.37. The van der Waals surface area contributed by atoms with E-state index in [1.54, 1.807) is 11.3 Å². The molecule has 0 unspecified atom stereocenters. The Morgan fingerprint density at radius 2 is 2.03 bits per heavy atom. The molecule has 4 rings (SSSR count). The number of carbonyl (C=O) groups is 1. The number of ether oxygens (including phenoxy) is 1. The molecule has 0 fully saturated rings. The van der Waals surface area contributed by atoms with Gasteiger partial charge in [-0.3, -0.25) is 4.79 Å². The molecule has 0 aliphatic rings. The summed E-state index contributed by atoms with van der Waals surface area (Å²) in [6.45, 7) is 4.63. The van der Waals surface area contributed by atoms with E-state index in [9.17, 15) is 4.79 Å². The van der Waals surface area contributed by atoms with Crippen molar-refractivity contribution in [3.63, 3.8) is 0 Å². The number of aromatic nitrogens is 4. The lowest BCUT2D eigenvalue weighted by atomic mass is 10.2. The van der Waals surface area contributed by atoms with Crippen LogP contribution in [0, 0.1) is 6.92 Å². The van der Waals surface area contributed by atoms with Gasteiger partial charge in [0.15, 0.2) is 11.0 Å². The van der Waals surface area contributed by atoms with E-state index in [1.807, 2.05) is 66.3 Å². The van der Waals surface area contributed by atoms with E-state index in [-0.39, 0.29) is 18.3 Å². The molecule has 0 amide bonds. The Bertz CT molecular complexity index is 1120. The minimum absolute atomic E-state index is 0.0719. The van der Waals surface area contributed by atoms with Gasteiger partial charge in [-0.2, -0.15) is 0 Å². The van der Waals surface area contributed by atoms with Crippen LogP contribution in [0.3, 0.4) is 0 Å². The number of carbonyl (C=O) groups excluding carboxylic acids is 1. The van der Waals surface area contributed by atoms with E-state index >= 15 is 0 Å². The Balaban J connectivity index is 1.35. The van der Waals surface area contributed by atoms with Gasteiger partial charge in [-0.05, 0) is 37.4 Å². The molecule has 0 spiro atoms. The van der Waals surface area contributed by atoms with Crippen LogP contribution in [0.4, 0.5) is 0 Å². The Kier molecular flexibility index (Phi) is 6.29. The van der Waals surface area contributed by atoms with Crippen LogP contribution in [0.2, 0.25) is 0 Å². The van der Waals surface area contributed by atoms with Gasteiger partial charge in [0.2, 0.25) is 5.89 Å². The molecule has 30 heavy (non-hydrogen) atoms. The first-order chi connectivity index (χ1) is 14.7. The molecule has 0 radical (unpaired) electrons. The molecule has 1 aromatic carbocycles. The first kappa shape index (κ1) is 20.4. The number of benzene rings is 1. The lowest BCUT2D eigenvalue weighted by Gasteiger charge is -2.06. The highest BCUT2D eigenvalue weighted by Gasteiger charge is 2.17. The van der Waals surface area contributed by atoms with Gasteiger partial charge in [-0.1, -0.05) is 36.0 Å². The number of thioether (sulfide) groups is 1. The molecule has 3 heterocycles. The lowest BCUT2D eigenvalue weighted by molar-refractivity contribution is -0.141. The highest BCUT2D eigenvalue weighted by molar-refractivity contribution is 7.99. The normalized spacial score (nSPS) is 11.0. The zero-order valence-electron chi connectivity index (χ0n) is 16.6. The summed E-state index contributed by atoms with van der Waals surface area (Å²) >= 11 is 2.93. The number of hydrogen-bond donors (Lipinski definition) is 0. The fourth-order valence-electron chi connectivity index (χ4n) is 2.85. The van der Waals surface area contributed by atoms with Crippen LogP contribution in [0.25, 0.3) is 22.2 Å². The van der Waals surface area contributed by atoms with Gasteiger partial charge >= 0.3 is 5.97 Å². The van der Waals surface area contributed by atoms with Gasteiger partial charge in [-0.25, -0.2) is 4.98 Å². The van der Waals surface area contributed by atoms with Crippen LogP contribution in [-0.4, -0.2) is 31.5 Å². The van der Waals surface area contributed by atoms with Crippen molar-refractivity contribution in [2.75, 3.05) is 5.75 Å². The molecule has 0 bridgehead atoms. The van der Waals surface area contributed by atoms with Crippen molar-refractivity contribution < 1.29 is 13.9 Å². The SMILES string of the molecule is CCn1c(SCC(=O)OCc2nc(-c3ccccc3)oc2C)nnc1-c1cccs1. The van der Waals surface area contributed by atoms with Gasteiger partial charge in [0.05, 0.1) is 10.6 Å². The third kappa shape index (κ3) is 4.47. The molecular formula is C21H20N4O3S2. The zero-order chi connectivity index (χ0) is 20.9. The number of esters is 1. The number of aryl methyl sites for hydroxylation is 1. The second-order valence-corrected chi connectivity index (χ2v) is 8.26. The summed E-state index contributed by atoms with van der Waals surface area (Å²) in [5.74, 6) is 1.78. The van der Waals surface area contributed by atoms with Crippen molar-refractivity contribution in [2.45, 2.75) is 32.2 Å². The first-order valence-corrected chi connectivity index (χ1v) is 11.3. The highest BCUT2D eigenvalue weighted by Crippen LogP contribution is 2.27. The number of rotatable bonds is 8. The van der Waals surface area contributed by atoms with Crippen molar-refractivity contribution in [2.24, 2.45) is 0 Å². The van der Waals surface area contributed by atoms with E-state index in [4.69, 9.17) is 9.15 Å². The van der Waals surface area contributed by atoms with E-state index in [2.05, 4.69) is 15.2 Å². The smallest absolute Gasteiger partial charge is 0.316 e. The second kappa shape index (κ2) is 9.27. The van der Waals surface area contributed by atoms with E-state index in [0.717, 1.165) is 22.8 Å². The maximum atomic E-state index is 12.3. The molecule has 154 valence electrons. The quantitative estimate of drug-likeness (QED) is 0.287. The number of oxazole rings is 1. The Morgan fingerprint density at radius 3 is 2.77 bits per heavy atom. The molecular weight excluding hydrogens is 420 g/mol. The van der Waals surface area contributed by atoms with Crippen molar-refractivity contribution in [3.05, 3.63) is 59.3 Å². The van der Waals surface area contributed by atoms with Crippen molar-refractivity contribution in [1.82, 2.24) is 19.7 Å². The molecule has 0 aliphatic carbocycles. The predicted molar refractivity (Wildman–Crippen MR) is 116 cm³/mol. The van der Waals surface area contributed by atoms with Gasteiger partial charge < -0.3 is 13.7 Å². The van der Waals surface area contributed by atoms with Crippen molar-refractivity contribution >= 4 is 29.1 Å². The van der Waals surface area contributed by atoms with Gasteiger partial charge in [0.25, 0.3) is 0 Å². The predicted octanol–water partition coefficient (Wildman–Crippen LogP) is 4.83. The number of nitrogens with zero attached hydrogens (tertiary/aromatic N) is 4. The summed E-state index contributed by atoms with van der Waals surface area (Å²) < 4.78 is 13.1. The fraction of sp³-hybridized carbons (Fsp3) is 0.238. The first-order valence-electron chi connectivity index (χ1n) is 9.43. The summed E-state index contributed by atoms with van der Waals surface area (Å²) in [6, 6.07) is 13.6. The summed E-state index contributed by atoms with van der Waals surface area (Å²) in [6.07, 6.45) is 0. The zero-order valence-corrected chi connectivity index (χ0v) is 18.2. The largest absolute Gasteiger partial charge is 0.458 e. The van der Waals surface area contributed by atoms with Crippen LogP contribution in [-0.2, 0) is 22.7 Å². The molecule has 0 atom stereocenters. The van der Waals surface area contributed by atoms with Gasteiger partial charge in [0.1, 0.15) is 18.1 Å². The maximum Gasteiger partial charge on any atom is 0.316 e. The van der Waals surface area contributed by atoms with E-state index in [0.29, 0.717) is 22.5 Å². The molecule has 0 N–H and O–H groups in total. The van der Waals surface area contributed by atoms with Crippen LogP contribution < -0.4 is 0 Å².